The van der Waals surface area contributed by atoms with E-state index in [1.165, 1.54) is 7.11 Å². The number of hydrogen-bond donors (Lipinski definition) is 1. The molecule has 22 heavy (non-hydrogen) atoms. The molecule has 0 bridgehead atoms. The minimum Gasteiger partial charge on any atom is -0.497 e. The number of esters is 1. The molecule has 1 saturated heterocycles. The fraction of sp³-hybridized carbons (Fsp3) is 0.529. The van der Waals surface area contributed by atoms with Gasteiger partial charge in [-0.3, -0.25) is 9.59 Å². The quantitative estimate of drug-likeness (QED) is 0.685. The summed E-state index contributed by atoms with van der Waals surface area (Å²) in [7, 11) is 2.95. The first kappa shape index (κ1) is 14.9. The fourth-order valence-electron chi connectivity index (χ4n) is 4.01. The van der Waals surface area contributed by atoms with Crippen LogP contribution in [0.4, 0.5) is 0 Å². The van der Waals surface area contributed by atoms with Crippen LogP contribution in [0.1, 0.15) is 37.2 Å². The molecule has 1 aliphatic carbocycles. The van der Waals surface area contributed by atoms with Gasteiger partial charge >= 0.3 is 5.97 Å². The Kier molecular flexibility index (Phi) is 3.81. The Hall–Kier alpha value is -2.04. The second-order valence-electron chi connectivity index (χ2n) is 6.10. The van der Waals surface area contributed by atoms with E-state index in [9.17, 15) is 9.59 Å². The monoisotopic (exact) mass is 303 g/mol. The highest BCUT2D eigenvalue weighted by atomic mass is 16.5. The normalized spacial score (nSPS) is 26.0. The minimum absolute atomic E-state index is 0.180. The molecule has 2 atom stereocenters. The van der Waals surface area contributed by atoms with Crippen molar-refractivity contribution in [3.05, 3.63) is 29.8 Å². The molecule has 0 unspecified atom stereocenters. The zero-order valence-corrected chi connectivity index (χ0v) is 12.9. The van der Waals surface area contributed by atoms with Gasteiger partial charge in [-0.15, -0.1) is 0 Å². The predicted molar refractivity (Wildman–Crippen MR) is 80.6 cm³/mol. The van der Waals surface area contributed by atoms with E-state index < -0.39 is 11.9 Å². The molecule has 1 aromatic carbocycles. The summed E-state index contributed by atoms with van der Waals surface area (Å²) < 4.78 is 10.1. The van der Waals surface area contributed by atoms with Gasteiger partial charge in [0, 0.05) is 11.5 Å². The number of carbonyl (C=O) groups is 2. The minimum atomic E-state index is -0.767. The Balaban J connectivity index is 2.03. The van der Waals surface area contributed by atoms with Crippen molar-refractivity contribution in [1.29, 1.82) is 0 Å². The number of amides is 1. The zero-order chi connectivity index (χ0) is 15.7. The third-order valence-electron chi connectivity index (χ3n) is 5.01. The predicted octanol–water partition coefficient (Wildman–Crippen LogP) is 2.01. The first-order valence-electron chi connectivity index (χ1n) is 7.65. The molecule has 0 aromatic heterocycles. The largest absolute Gasteiger partial charge is 0.497 e. The molecule has 5 heteroatoms. The Labute approximate surface area is 130 Å². The van der Waals surface area contributed by atoms with E-state index in [2.05, 4.69) is 5.32 Å². The Morgan fingerprint density at radius 3 is 2.36 bits per heavy atom. The lowest BCUT2D eigenvalue weighted by molar-refractivity contribution is -0.149. The van der Waals surface area contributed by atoms with Crippen LogP contribution in [0.15, 0.2) is 24.3 Å². The maximum atomic E-state index is 12.4. The highest BCUT2D eigenvalue weighted by Crippen LogP contribution is 2.49. The van der Waals surface area contributed by atoms with Crippen molar-refractivity contribution in [3.8, 4) is 5.75 Å². The molecular weight excluding hydrogens is 282 g/mol. The van der Waals surface area contributed by atoms with E-state index in [1.807, 2.05) is 24.3 Å². The van der Waals surface area contributed by atoms with Gasteiger partial charge in [-0.1, -0.05) is 25.0 Å². The van der Waals surface area contributed by atoms with Crippen LogP contribution >= 0.6 is 0 Å². The average Bonchev–Trinajstić information content (AvgIpc) is 3.11. The number of hydrogen-bond acceptors (Lipinski definition) is 4. The summed E-state index contributed by atoms with van der Waals surface area (Å²) in [5.74, 6) is -0.856. The second-order valence-corrected chi connectivity index (χ2v) is 6.10. The van der Waals surface area contributed by atoms with Gasteiger partial charge in [-0.25, -0.2) is 0 Å². The van der Waals surface area contributed by atoms with Gasteiger partial charge in [0.1, 0.15) is 11.7 Å². The van der Waals surface area contributed by atoms with Gasteiger partial charge < -0.3 is 14.8 Å². The van der Waals surface area contributed by atoms with Crippen molar-refractivity contribution in [2.75, 3.05) is 14.2 Å². The van der Waals surface area contributed by atoms with Gasteiger partial charge in [-0.2, -0.15) is 0 Å². The van der Waals surface area contributed by atoms with Gasteiger partial charge in [0.25, 0.3) is 0 Å². The summed E-state index contributed by atoms with van der Waals surface area (Å²) in [5.41, 5.74) is 0.668. The van der Waals surface area contributed by atoms with Gasteiger partial charge in [0.15, 0.2) is 0 Å². The molecule has 1 aliphatic heterocycles. The molecule has 2 aliphatic rings. The molecule has 1 spiro atoms. The van der Waals surface area contributed by atoms with Crippen LogP contribution in [0.2, 0.25) is 0 Å². The number of benzene rings is 1. The highest BCUT2D eigenvalue weighted by molar-refractivity contribution is 6.01. The van der Waals surface area contributed by atoms with Crippen LogP contribution in [0, 0.1) is 5.92 Å². The number of rotatable bonds is 3. The van der Waals surface area contributed by atoms with Crippen LogP contribution in [0.5, 0.6) is 5.75 Å². The van der Waals surface area contributed by atoms with Crippen LogP contribution in [-0.2, 0) is 14.3 Å². The van der Waals surface area contributed by atoms with E-state index in [4.69, 9.17) is 9.47 Å². The SMILES string of the molecule is COC(=O)[C@H]1C(=O)NC2(CCCC2)[C@@H]1c1ccc(OC)cc1. The number of carbonyl (C=O) groups excluding carboxylic acids is 2. The van der Waals surface area contributed by atoms with Gasteiger partial charge in [-0.05, 0) is 30.5 Å². The van der Waals surface area contributed by atoms with Crippen LogP contribution < -0.4 is 10.1 Å². The topological polar surface area (TPSA) is 64.6 Å². The van der Waals surface area contributed by atoms with Crippen molar-refractivity contribution in [2.24, 2.45) is 5.92 Å². The van der Waals surface area contributed by atoms with Crippen LogP contribution in [0.3, 0.4) is 0 Å². The molecule has 1 saturated carbocycles. The summed E-state index contributed by atoms with van der Waals surface area (Å²) in [6, 6.07) is 7.63. The van der Waals surface area contributed by atoms with Crippen molar-refractivity contribution in [1.82, 2.24) is 5.32 Å². The van der Waals surface area contributed by atoms with E-state index in [0.717, 1.165) is 37.0 Å². The van der Waals surface area contributed by atoms with Gasteiger partial charge in [0.05, 0.1) is 14.2 Å². The van der Waals surface area contributed by atoms with E-state index in [-0.39, 0.29) is 17.4 Å². The van der Waals surface area contributed by atoms with E-state index in [0.29, 0.717) is 0 Å². The van der Waals surface area contributed by atoms with Gasteiger partial charge in [0.2, 0.25) is 5.91 Å². The number of nitrogens with one attached hydrogen (secondary N) is 1. The van der Waals surface area contributed by atoms with Crippen molar-refractivity contribution < 1.29 is 19.1 Å². The molecule has 5 nitrogen and oxygen atoms in total. The third kappa shape index (κ3) is 2.25. The van der Waals surface area contributed by atoms with Crippen LogP contribution in [0.25, 0.3) is 0 Å². The highest BCUT2D eigenvalue weighted by Gasteiger charge is 2.57. The molecule has 1 amide bonds. The molecule has 1 N–H and O–H groups in total. The lowest BCUT2D eigenvalue weighted by Crippen LogP contribution is -2.42. The van der Waals surface area contributed by atoms with E-state index >= 15 is 0 Å². The van der Waals surface area contributed by atoms with E-state index in [1.54, 1.807) is 7.11 Å². The molecule has 118 valence electrons. The summed E-state index contributed by atoms with van der Waals surface area (Å²) in [6.07, 6.45) is 3.95. The van der Waals surface area contributed by atoms with Crippen LogP contribution in [-0.4, -0.2) is 31.6 Å². The molecular formula is C17H21NO4. The first-order chi connectivity index (χ1) is 10.6. The maximum Gasteiger partial charge on any atom is 0.318 e. The van der Waals surface area contributed by atoms with Crippen molar-refractivity contribution in [3.63, 3.8) is 0 Å². The number of methoxy groups -OCH3 is 2. The number of ether oxygens (including phenoxy) is 2. The standard InChI is InChI=1S/C17H21NO4/c1-21-12-7-5-11(6-8-12)14-13(16(20)22-2)15(19)18-17(14)9-3-4-10-17/h5-8,13-14H,3-4,9-10H2,1-2H3,(H,18,19)/t13-,14-/m1/s1. The smallest absolute Gasteiger partial charge is 0.318 e. The Morgan fingerprint density at radius 2 is 1.82 bits per heavy atom. The first-order valence-corrected chi connectivity index (χ1v) is 7.65. The average molecular weight is 303 g/mol. The lowest BCUT2D eigenvalue weighted by Gasteiger charge is -2.32. The molecule has 2 fully saturated rings. The summed E-state index contributed by atoms with van der Waals surface area (Å²) in [5, 5.41) is 3.10. The lowest BCUT2D eigenvalue weighted by atomic mass is 9.74. The Morgan fingerprint density at radius 1 is 1.18 bits per heavy atom. The third-order valence-corrected chi connectivity index (χ3v) is 5.01. The summed E-state index contributed by atoms with van der Waals surface area (Å²) in [4.78, 5) is 24.6. The molecule has 3 rings (SSSR count). The molecule has 0 radical (unpaired) electrons. The van der Waals surface area contributed by atoms with Crippen molar-refractivity contribution in [2.45, 2.75) is 37.1 Å². The summed E-state index contributed by atoms with van der Waals surface area (Å²) in [6.45, 7) is 0. The van der Waals surface area contributed by atoms with Crippen molar-refractivity contribution >= 4 is 11.9 Å². The summed E-state index contributed by atoms with van der Waals surface area (Å²) >= 11 is 0. The second kappa shape index (κ2) is 5.63. The molecule has 1 heterocycles. The zero-order valence-electron chi connectivity index (χ0n) is 12.9. The Bertz CT molecular complexity index is 575. The molecule has 1 aromatic rings. The fourth-order valence-corrected chi connectivity index (χ4v) is 4.01. The maximum absolute atomic E-state index is 12.4.